The highest BCUT2D eigenvalue weighted by molar-refractivity contribution is 5.26. The molecule has 2 heterocycles. The Morgan fingerprint density at radius 1 is 1.33 bits per heavy atom. The molecular weight excluding hydrogens is 188 g/mol. The molecule has 1 aromatic rings. The first-order valence-corrected chi connectivity index (χ1v) is 5.67. The van der Waals surface area contributed by atoms with Gasteiger partial charge < -0.3 is 15.4 Å². The molecule has 0 atom stereocenters. The van der Waals surface area contributed by atoms with Gasteiger partial charge in [0.1, 0.15) is 0 Å². The SMILES string of the molecule is Cc1cc(CC2(O)CCNCC2)c(C)[nH]1. The molecule has 0 spiro atoms. The second kappa shape index (κ2) is 3.99. The van der Waals surface area contributed by atoms with Gasteiger partial charge in [0.2, 0.25) is 0 Å². The molecule has 2 rings (SSSR count). The van der Waals surface area contributed by atoms with Gasteiger partial charge in [-0.2, -0.15) is 0 Å². The van der Waals surface area contributed by atoms with Crippen molar-refractivity contribution in [3.63, 3.8) is 0 Å². The Morgan fingerprint density at radius 2 is 2.00 bits per heavy atom. The highest BCUT2D eigenvalue weighted by Crippen LogP contribution is 2.25. The molecule has 0 aromatic carbocycles. The van der Waals surface area contributed by atoms with Crippen LogP contribution in [0.3, 0.4) is 0 Å². The van der Waals surface area contributed by atoms with Crippen molar-refractivity contribution in [1.82, 2.24) is 10.3 Å². The van der Waals surface area contributed by atoms with Crippen molar-refractivity contribution in [2.24, 2.45) is 0 Å². The number of aryl methyl sites for hydroxylation is 2. The summed E-state index contributed by atoms with van der Waals surface area (Å²) in [5, 5.41) is 13.7. The van der Waals surface area contributed by atoms with Crippen LogP contribution in [-0.4, -0.2) is 28.8 Å². The Bertz CT molecular complexity index is 337. The number of aliphatic hydroxyl groups is 1. The number of hydrogen-bond acceptors (Lipinski definition) is 2. The quantitative estimate of drug-likeness (QED) is 0.686. The molecule has 1 aliphatic heterocycles. The summed E-state index contributed by atoms with van der Waals surface area (Å²) in [6.45, 7) is 5.99. The zero-order chi connectivity index (χ0) is 10.9. The summed E-state index contributed by atoms with van der Waals surface area (Å²) in [5.74, 6) is 0. The normalized spacial score (nSPS) is 20.5. The third kappa shape index (κ3) is 2.41. The number of aromatic amines is 1. The van der Waals surface area contributed by atoms with Gasteiger partial charge in [0, 0.05) is 17.8 Å². The van der Waals surface area contributed by atoms with Crippen LogP contribution in [0.1, 0.15) is 29.8 Å². The highest BCUT2D eigenvalue weighted by atomic mass is 16.3. The summed E-state index contributed by atoms with van der Waals surface area (Å²) in [4.78, 5) is 3.29. The van der Waals surface area contributed by atoms with Gasteiger partial charge in [-0.15, -0.1) is 0 Å². The standard InChI is InChI=1S/C12H20N2O/c1-9-7-11(10(2)14-9)8-12(15)3-5-13-6-4-12/h7,13-15H,3-6,8H2,1-2H3. The first-order chi connectivity index (χ1) is 7.09. The number of nitrogens with one attached hydrogen (secondary N) is 2. The molecule has 84 valence electrons. The van der Waals surface area contributed by atoms with Crippen LogP contribution in [0.15, 0.2) is 6.07 Å². The average molecular weight is 208 g/mol. The first-order valence-electron chi connectivity index (χ1n) is 5.67. The van der Waals surface area contributed by atoms with Crippen LogP contribution in [0.4, 0.5) is 0 Å². The zero-order valence-electron chi connectivity index (χ0n) is 9.56. The molecule has 1 aromatic heterocycles. The second-order valence-corrected chi connectivity index (χ2v) is 4.75. The number of aromatic nitrogens is 1. The zero-order valence-corrected chi connectivity index (χ0v) is 9.56. The minimum atomic E-state index is -0.495. The number of piperidine rings is 1. The van der Waals surface area contributed by atoms with Crippen molar-refractivity contribution in [2.45, 2.75) is 38.7 Å². The van der Waals surface area contributed by atoms with E-state index in [2.05, 4.69) is 30.2 Å². The molecule has 0 unspecified atom stereocenters. The van der Waals surface area contributed by atoms with Gasteiger partial charge in [0.05, 0.1) is 5.60 Å². The Kier molecular flexibility index (Phi) is 2.85. The van der Waals surface area contributed by atoms with Gasteiger partial charge in [-0.1, -0.05) is 0 Å². The third-order valence-corrected chi connectivity index (χ3v) is 3.31. The van der Waals surface area contributed by atoms with Crippen LogP contribution in [0, 0.1) is 13.8 Å². The number of hydrogen-bond donors (Lipinski definition) is 3. The summed E-state index contributed by atoms with van der Waals surface area (Å²) in [7, 11) is 0. The van der Waals surface area contributed by atoms with Crippen molar-refractivity contribution in [3.8, 4) is 0 Å². The summed E-state index contributed by atoms with van der Waals surface area (Å²) in [6.07, 6.45) is 2.50. The van der Waals surface area contributed by atoms with E-state index < -0.39 is 5.60 Å². The van der Waals surface area contributed by atoms with Gasteiger partial charge in [0.15, 0.2) is 0 Å². The van der Waals surface area contributed by atoms with E-state index in [0.29, 0.717) is 0 Å². The molecule has 0 radical (unpaired) electrons. The molecule has 3 nitrogen and oxygen atoms in total. The van der Waals surface area contributed by atoms with Crippen LogP contribution in [0.25, 0.3) is 0 Å². The first kappa shape index (κ1) is 10.7. The van der Waals surface area contributed by atoms with Crippen molar-refractivity contribution < 1.29 is 5.11 Å². The smallest absolute Gasteiger partial charge is 0.0712 e. The molecular formula is C12H20N2O. The largest absolute Gasteiger partial charge is 0.389 e. The molecule has 3 N–H and O–H groups in total. The van der Waals surface area contributed by atoms with Gasteiger partial charge >= 0.3 is 0 Å². The minimum Gasteiger partial charge on any atom is -0.389 e. The molecule has 15 heavy (non-hydrogen) atoms. The van der Waals surface area contributed by atoms with E-state index >= 15 is 0 Å². The fraction of sp³-hybridized carbons (Fsp3) is 0.667. The summed E-state index contributed by atoms with van der Waals surface area (Å²) < 4.78 is 0. The van der Waals surface area contributed by atoms with E-state index in [1.165, 1.54) is 17.0 Å². The van der Waals surface area contributed by atoms with E-state index in [-0.39, 0.29) is 0 Å². The van der Waals surface area contributed by atoms with Crippen LogP contribution >= 0.6 is 0 Å². The van der Waals surface area contributed by atoms with Crippen molar-refractivity contribution in [3.05, 3.63) is 23.0 Å². The average Bonchev–Trinajstić information content (AvgIpc) is 2.45. The maximum absolute atomic E-state index is 10.4. The van der Waals surface area contributed by atoms with E-state index in [1.807, 2.05) is 0 Å². The fourth-order valence-corrected chi connectivity index (χ4v) is 2.39. The molecule has 1 saturated heterocycles. The molecule has 0 saturated carbocycles. The number of H-pyrrole nitrogens is 1. The van der Waals surface area contributed by atoms with E-state index in [0.717, 1.165) is 32.4 Å². The number of rotatable bonds is 2. The molecule has 1 fully saturated rings. The van der Waals surface area contributed by atoms with Crippen LogP contribution in [0.2, 0.25) is 0 Å². The van der Waals surface area contributed by atoms with Crippen molar-refractivity contribution in [2.75, 3.05) is 13.1 Å². The Hall–Kier alpha value is -0.800. The lowest BCUT2D eigenvalue weighted by Gasteiger charge is -2.32. The highest BCUT2D eigenvalue weighted by Gasteiger charge is 2.29. The van der Waals surface area contributed by atoms with Gasteiger partial charge in [0.25, 0.3) is 0 Å². The van der Waals surface area contributed by atoms with E-state index in [9.17, 15) is 5.11 Å². The van der Waals surface area contributed by atoms with Gasteiger partial charge in [-0.25, -0.2) is 0 Å². The molecule has 3 heteroatoms. The second-order valence-electron chi connectivity index (χ2n) is 4.75. The van der Waals surface area contributed by atoms with E-state index in [1.54, 1.807) is 0 Å². The summed E-state index contributed by atoms with van der Waals surface area (Å²) in [5.41, 5.74) is 3.14. The molecule has 1 aliphatic rings. The Balaban J connectivity index is 2.09. The Morgan fingerprint density at radius 3 is 2.53 bits per heavy atom. The summed E-state index contributed by atoms with van der Waals surface area (Å²) >= 11 is 0. The van der Waals surface area contributed by atoms with E-state index in [4.69, 9.17) is 0 Å². The topological polar surface area (TPSA) is 48.0 Å². The summed E-state index contributed by atoms with van der Waals surface area (Å²) in [6, 6.07) is 2.15. The maximum Gasteiger partial charge on any atom is 0.0712 e. The predicted molar refractivity (Wildman–Crippen MR) is 61.0 cm³/mol. The monoisotopic (exact) mass is 208 g/mol. The lowest BCUT2D eigenvalue weighted by Crippen LogP contribution is -2.43. The minimum absolute atomic E-state index is 0.495. The molecule has 0 bridgehead atoms. The van der Waals surface area contributed by atoms with Crippen LogP contribution in [-0.2, 0) is 6.42 Å². The van der Waals surface area contributed by atoms with Crippen molar-refractivity contribution >= 4 is 0 Å². The predicted octanol–water partition coefficient (Wildman–Crippen LogP) is 1.29. The molecule has 0 amide bonds. The molecule has 0 aliphatic carbocycles. The Labute approximate surface area is 90.9 Å². The lowest BCUT2D eigenvalue weighted by molar-refractivity contribution is 0.0107. The van der Waals surface area contributed by atoms with Gasteiger partial charge in [-0.3, -0.25) is 0 Å². The van der Waals surface area contributed by atoms with Crippen molar-refractivity contribution in [1.29, 1.82) is 0 Å². The van der Waals surface area contributed by atoms with Crippen LogP contribution in [0.5, 0.6) is 0 Å². The maximum atomic E-state index is 10.4. The third-order valence-electron chi connectivity index (χ3n) is 3.31. The van der Waals surface area contributed by atoms with Crippen LogP contribution < -0.4 is 5.32 Å². The fourth-order valence-electron chi connectivity index (χ4n) is 2.39. The van der Waals surface area contributed by atoms with Gasteiger partial charge in [-0.05, 0) is 51.4 Å². The lowest BCUT2D eigenvalue weighted by atomic mass is 9.86.